The number of nitriles is 3. The van der Waals surface area contributed by atoms with Crippen molar-refractivity contribution in [3.63, 3.8) is 0 Å². The van der Waals surface area contributed by atoms with Crippen molar-refractivity contribution in [1.82, 2.24) is 24.7 Å². The Hall–Kier alpha value is -4.20. The summed E-state index contributed by atoms with van der Waals surface area (Å²) in [5.74, 6) is 0.194. The predicted octanol–water partition coefficient (Wildman–Crippen LogP) is 3.61. The molecular weight excluding hydrogens is 422 g/mol. The van der Waals surface area contributed by atoms with E-state index < -0.39 is 0 Å². The Balaban J connectivity index is 1.42. The number of hydrogen-bond donors (Lipinski definition) is 1. The summed E-state index contributed by atoms with van der Waals surface area (Å²) < 4.78 is 1.87. The van der Waals surface area contributed by atoms with Crippen molar-refractivity contribution < 1.29 is 0 Å². The molecule has 0 aromatic carbocycles. The molecule has 0 spiro atoms. The normalized spacial score (nSPS) is 16.5. The number of anilines is 1. The molecule has 0 amide bonds. The second kappa shape index (κ2) is 8.14. The molecule has 1 fully saturated rings. The summed E-state index contributed by atoms with van der Waals surface area (Å²) in [5, 5.41) is 36.3. The molecule has 156 valence electrons. The van der Waals surface area contributed by atoms with Crippen LogP contribution in [-0.2, 0) is 0 Å². The fraction of sp³-hybridized carbons (Fsp3) is 0.273. The molecule has 32 heavy (non-hydrogen) atoms. The zero-order chi connectivity index (χ0) is 22.1. The second-order valence-electron chi connectivity index (χ2n) is 7.65. The summed E-state index contributed by atoms with van der Waals surface area (Å²) in [5.41, 5.74) is 3.30. The zero-order valence-electron chi connectivity index (χ0n) is 16.9. The number of nitrogens with zero attached hydrogens (tertiary/aromatic N) is 8. The molecule has 0 radical (unpaired) electrons. The van der Waals surface area contributed by atoms with Gasteiger partial charge in [-0.1, -0.05) is 0 Å². The third-order valence-corrected chi connectivity index (χ3v) is 6.97. The van der Waals surface area contributed by atoms with Crippen LogP contribution in [-0.4, -0.2) is 37.8 Å². The summed E-state index contributed by atoms with van der Waals surface area (Å²) in [4.78, 5) is 13.9. The van der Waals surface area contributed by atoms with Crippen LogP contribution in [0.15, 0.2) is 36.4 Å². The summed E-state index contributed by atoms with van der Waals surface area (Å²) >= 11 is 1.43. The van der Waals surface area contributed by atoms with Gasteiger partial charge in [-0.15, -0.1) is 11.3 Å². The van der Waals surface area contributed by atoms with E-state index in [-0.39, 0.29) is 12.0 Å². The molecule has 1 unspecified atom stereocenters. The molecule has 0 saturated carbocycles. The molecule has 4 aromatic rings. The second-order valence-corrected chi connectivity index (χ2v) is 8.51. The van der Waals surface area contributed by atoms with Gasteiger partial charge < -0.3 is 9.88 Å². The van der Waals surface area contributed by atoms with Gasteiger partial charge in [0.2, 0.25) is 0 Å². The standard InChI is InChI=1S/C22H17N9S/c23-4-1-19(14-3-6-30(10-14)22-18(8-25)15(7-24)12-32-22)31-11-16(9-29-31)20-17-2-5-26-21(17)28-13-27-20/h2,5,9,11-14,19H,1,3,6,10H2,(H,26,27,28)/t14?,19-/m0/s1. The Morgan fingerprint density at radius 3 is 2.97 bits per heavy atom. The van der Waals surface area contributed by atoms with Crippen LogP contribution in [0.4, 0.5) is 5.00 Å². The highest BCUT2D eigenvalue weighted by Crippen LogP contribution is 2.38. The van der Waals surface area contributed by atoms with Gasteiger partial charge in [0.25, 0.3) is 0 Å². The van der Waals surface area contributed by atoms with Gasteiger partial charge in [0.05, 0.1) is 36.0 Å². The minimum atomic E-state index is -0.0942. The Labute approximate surface area is 187 Å². The van der Waals surface area contributed by atoms with Crippen molar-refractivity contribution >= 4 is 27.4 Å². The molecule has 1 aliphatic heterocycles. The first-order chi connectivity index (χ1) is 15.7. The fourth-order valence-electron chi connectivity index (χ4n) is 4.37. The maximum atomic E-state index is 9.50. The van der Waals surface area contributed by atoms with E-state index in [2.05, 4.69) is 43.2 Å². The summed E-state index contributed by atoms with van der Waals surface area (Å²) in [6.45, 7) is 1.48. The van der Waals surface area contributed by atoms with Gasteiger partial charge in [-0.05, 0) is 12.5 Å². The molecule has 0 bridgehead atoms. The average Bonchev–Trinajstić information content (AvgIpc) is 3.61. The van der Waals surface area contributed by atoms with Crippen molar-refractivity contribution in [2.45, 2.75) is 18.9 Å². The Morgan fingerprint density at radius 1 is 1.25 bits per heavy atom. The first kappa shape index (κ1) is 19.7. The molecule has 0 aliphatic carbocycles. The highest BCUT2D eigenvalue weighted by atomic mass is 32.1. The number of hydrogen-bond acceptors (Lipinski definition) is 8. The third-order valence-electron chi connectivity index (χ3n) is 5.93. The lowest BCUT2D eigenvalue weighted by Gasteiger charge is -2.23. The molecule has 1 N–H and O–H groups in total. The van der Waals surface area contributed by atoms with Crippen LogP contribution in [0.25, 0.3) is 22.3 Å². The number of rotatable bonds is 5. The van der Waals surface area contributed by atoms with Gasteiger partial charge in [-0.25, -0.2) is 9.97 Å². The molecule has 10 heteroatoms. The molecule has 9 nitrogen and oxygen atoms in total. The summed E-state index contributed by atoms with van der Waals surface area (Å²) in [6, 6.07) is 8.41. The summed E-state index contributed by atoms with van der Waals surface area (Å²) in [6.07, 6.45) is 8.29. The summed E-state index contributed by atoms with van der Waals surface area (Å²) in [7, 11) is 0. The SMILES string of the molecule is N#CC[C@@H](C1CCN(c2scc(C#N)c2C#N)C1)n1cc(-c2ncnc3[nH]ccc23)cn1. The van der Waals surface area contributed by atoms with Crippen molar-refractivity contribution in [2.75, 3.05) is 18.0 Å². The largest absolute Gasteiger partial charge is 0.362 e. The quantitative estimate of drug-likeness (QED) is 0.502. The number of H-pyrrole nitrogens is 1. The first-order valence-electron chi connectivity index (χ1n) is 10.1. The highest BCUT2D eigenvalue weighted by molar-refractivity contribution is 7.14. The topological polar surface area (TPSA) is 134 Å². The van der Waals surface area contributed by atoms with Crippen LogP contribution >= 0.6 is 11.3 Å². The van der Waals surface area contributed by atoms with Crippen molar-refractivity contribution in [2.24, 2.45) is 5.92 Å². The van der Waals surface area contributed by atoms with Crippen molar-refractivity contribution in [3.05, 3.63) is 47.5 Å². The minimum absolute atomic E-state index is 0.0942. The smallest absolute Gasteiger partial charge is 0.141 e. The first-order valence-corrected chi connectivity index (χ1v) is 11.0. The van der Waals surface area contributed by atoms with Crippen LogP contribution in [0.5, 0.6) is 0 Å². The number of aromatic nitrogens is 5. The molecule has 5 rings (SSSR count). The number of nitrogens with one attached hydrogen (secondary N) is 1. The minimum Gasteiger partial charge on any atom is -0.362 e. The third kappa shape index (κ3) is 3.26. The van der Waals surface area contributed by atoms with Crippen molar-refractivity contribution in [1.29, 1.82) is 15.8 Å². The predicted molar refractivity (Wildman–Crippen MR) is 118 cm³/mol. The maximum absolute atomic E-state index is 9.50. The molecule has 1 aliphatic rings. The molecule has 1 saturated heterocycles. The van der Waals surface area contributed by atoms with Gasteiger partial charge in [0, 0.05) is 47.7 Å². The van der Waals surface area contributed by atoms with Gasteiger partial charge in [0.15, 0.2) is 0 Å². The van der Waals surface area contributed by atoms with Crippen LogP contribution in [0, 0.1) is 39.9 Å². The number of aromatic amines is 1. The van der Waals surface area contributed by atoms with Gasteiger partial charge >= 0.3 is 0 Å². The van der Waals surface area contributed by atoms with Crippen LogP contribution in [0.3, 0.4) is 0 Å². The van der Waals surface area contributed by atoms with E-state index in [9.17, 15) is 15.8 Å². The highest BCUT2D eigenvalue weighted by Gasteiger charge is 2.33. The van der Waals surface area contributed by atoms with E-state index in [1.807, 2.05) is 23.1 Å². The molecule has 5 heterocycles. The van der Waals surface area contributed by atoms with Gasteiger partial charge in [-0.2, -0.15) is 20.9 Å². The van der Waals surface area contributed by atoms with Crippen LogP contribution in [0.1, 0.15) is 30.0 Å². The molecule has 2 atom stereocenters. The van der Waals surface area contributed by atoms with Crippen LogP contribution < -0.4 is 4.90 Å². The Kier molecular flexibility index (Phi) is 5.03. The Bertz CT molecular complexity index is 1410. The van der Waals surface area contributed by atoms with Crippen molar-refractivity contribution in [3.8, 4) is 29.5 Å². The lowest BCUT2D eigenvalue weighted by molar-refractivity contribution is 0.332. The monoisotopic (exact) mass is 439 g/mol. The molecular formula is C22H17N9S. The zero-order valence-corrected chi connectivity index (χ0v) is 17.7. The van der Waals surface area contributed by atoms with E-state index in [0.29, 0.717) is 24.1 Å². The number of fused-ring (bicyclic) bond motifs is 1. The van der Waals surface area contributed by atoms with E-state index in [1.165, 1.54) is 17.7 Å². The van der Waals surface area contributed by atoms with E-state index in [1.54, 1.807) is 11.6 Å². The fourth-order valence-corrected chi connectivity index (χ4v) is 5.36. The van der Waals surface area contributed by atoms with Gasteiger partial charge in [-0.3, -0.25) is 4.68 Å². The van der Waals surface area contributed by atoms with Crippen LogP contribution in [0.2, 0.25) is 0 Å². The average molecular weight is 440 g/mol. The molecule has 4 aromatic heterocycles. The number of thiophene rings is 1. The van der Waals surface area contributed by atoms with E-state index in [0.717, 1.165) is 40.3 Å². The maximum Gasteiger partial charge on any atom is 0.141 e. The van der Waals surface area contributed by atoms with Gasteiger partial charge in [0.1, 0.15) is 34.7 Å². The lowest BCUT2D eigenvalue weighted by atomic mass is 9.96. The van der Waals surface area contributed by atoms with E-state index in [4.69, 9.17) is 0 Å². The van der Waals surface area contributed by atoms with E-state index >= 15 is 0 Å². The Morgan fingerprint density at radius 2 is 2.16 bits per heavy atom. The lowest BCUT2D eigenvalue weighted by Crippen LogP contribution is -2.25.